The molecule has 3 nitrogen and oxygen atoms in total. The number of piperidine rings is 1. The molecule has 1 saturated heterocycles. The average molecular weight is 340 g/mol. The van der Waals surface area contributed by atoms with E-state index < -0.39 is 0 Å². The van der Waals surface area contributed by atoms with Gasteiger partial charge in [-0.3, -0.25) is 4.99 Å². The number of amidine groups is 1. The van der Waals surface area contributed by atoms with E-state index >= 15 is 0 Å². The maximum atomic E-state index is 13.0. The molecule has 2 aromatic carbocycles. The van der Waals surface area contributed by atoms with Gasteiger partial charge in [0.05, 0.1) is 0 Å². The Balaban J connectivity index is 1.73. The van der Waals surface area contributed by atoms with Gasteiger partial charge in [0.1, 0.15) is 23.2 Å². The van der Waals surface area contributed by atoms with Crippen LogP contribution in [0.5, 0.6) is 11.5 Å². The Bertz CT molecular complexity index is 708. The third-order valence-electron chi connectivity index (χ3n) is 4.61. The highest BCUT2D eigenvalue weighted by molar-refractivity contribution is 5.89. The zero-order valence-electron chi connectivity index (χ0n) is 14.9. The second-order valence-corrected chi connectivity index (χ2v) is 6.39. The second-order valence-electron chi connectivity index (χ2n) is 6.39. The quantitative estimate of drug-likeness (QED) is 0.744. The van der Waals surface area contributed by atoms with Gasteiger partial charge in [-0.2, -0.15) is 0 Å². The molecule has 0 N–H and O–H groups in total. The molecule has 4 heteroatoms. The Morgan fingerprint density at radius 3 is 2.32 bits per heavy atom. The van der Waals surface area contributed by atoms with Gasteiger partial charge in [0.25, 0.3) is 0 Å². The molecule has 132 valence electrons. The van der Waals surface area contributed by atoms with Crippen LogP contribution in [0.25, 0.3) is 0 Å². The average Bonchev–Trinajstić information content (AvgIpc) is 2.64. The molecule has 0 spiro atoms. The number of benzene rings is 2. The molecule has 2 aromatic rings. The molecular formula is C21H25FN2O. The maximum absolute atomic E-state index is 13.0. The topological polar surface area (TPSA) is 24.8 Å². The van der Waals surface area contributed by atoms with Crippen molar-refractivity contribution in [2.24, 2.45) is 4.99 Å². The zero-order valence-corrected chi connectivity index (χ0v) is 14.9. The largest absolute Gasteiger partial charge is 0.457 e. The fraction of sp³-hybridized carbons (Fsp3) is 0.381. The summed E-state index contributed by atoms with van der Waals surface area (Å²) in [4.78, 5) is 6.99. The van der Waals surface area contributed by atoms with Crippen LogP contribution in [-0.4, -0.2) is 30.9 Å². The summed E-state index contributed by atoms with van der Waals surface area (Å²) in [5.41, 5.74) is 1.27. The van der Waals surface area contributed by atoms with Crippen molar-refractivity contribution in [1.29, 1.82) is 0 Å². The SMILES string of the molecule is CCCN1CCCC(c2ccc(Oc3ccc(F)cc3)cc2)C1=NC. The maximum Gasteiger partial charge on any atom is 0.127 e. The normalized spacial score (nSPS) is 19.2. The minimum absolute atomic E-state index is 0.261. The van der Waals surface area contributed by atoms with Crippen molar-refractivity contribution in [2.75, 3.05) is 20.1 Å². The first-order valence-corrected chi connectivity index (χ1v) is 8.96. The molecule has 0 bridgehead atoms. The molecule has 1 aliphatic rings. The minimum atomic E-state index is -0.261. The van der Waals surface area contributed by atoms with Crippen LogP contribution in [-0.2, 0) is 0 Å². The first-order chi connectivity index (χ1) is 12.2. The van der Waals surface area contributed by atoms with Crippen molar-refractivity contribution in [3.8, 4) is 11.5 Å². The molecule has 1 fully saturated rings. The van der Waals surface area contributed by atoms with Crippen LogP contribution in [0, 0.1) is 5.82 Å². The van der Waals surface area contributed by atoms with E-state index in [0.717, 1.165) is 31.7 Å². The molecule has 1 heterocycles. The molecule has 0 saturated carbocycles. The van der Waals surface area contributed by atoms with Gasteiger partial charge < -0.3 is 9.64 Å². The van der Waals surface area contributed by atoms with E-state index in [1.807, 2.05) is 19.2 Å². The van der Waals surface area contributed by atoms with Gasteiger partial charge in [0.2, 0.25) is 0 Å². The van der Waals surface area contributed by atoms with E-state index in [-0.39, 0.29) is 5.82 Å². The van der Waals surface area contributed by atoms with Gasteiger partial charge >= 0.3 is 0 Å². The summed E-state index contributed by atoms with van der Waals surface area (Å²) in [6.07, 6.45) is 3.46. The smallest absolute Gasteiger partial charge is 0.127 e. The molecule has 1 atom stereocenters. The number of likely N-dealkylation sites (tertiary alicyclic amines) is 1. The molecule has 3 rings (SSSR count). The van der Waals surface area contributed by atoms with Crippen molar-refractivity contribution in [3.63, 3.8) is 0 Å². The highest BCUT2D eigenvalue weighted by Gasteiger charge is 2.26. The summed E-state index contributed by atoms with van der Waals surface area (Å²) >= 11 is 0. The molecule has 0 radical (unpaired) electrons. The lowest BCUT2D eigenvalue weighted by Crippen LogP contribution is -2.40. The Morgan fingerprint density at radius 2 is 1.72 bits per heavy atom. The Morgan fingerprint density at radius 1 is 1.08 bits per heavy atom. The summed E-state index contributed by atoms with van der Waals surface area (Å²) < 4.78 is 18.8. The van der Waals surface area contributed by atoms with E-state index in [1.54, 1.807) is 12.1 Å². The minimum Gasteiger partial charge on any atom is -0.457 e. The number of halogens is 1. The van der Waals surface area contributed by atoms with Gasteiger partial charge in [0.15, 0.2) is 0 Å². The van der Waals surface area contributed by atoms with Crippen molar-refractivity contribution in [3.05, 3.63) is 59.9 Å². The van der Waals surface area contributed by atoms with Gasteiger partial charge in [-0.1, -0.05) is 19.1 Å². The van der Waals surface area contributed by atoms with Crippen LogP contribution in [0.3, 0.4) is 0 Å². The molecule has 1 unspecified atom stereocenters. The Labute approximate surface area is 149 Å². The van der Waals surface area contributed by atoms with E-state index in [1.165, 1.54) is 30.0 Å². The molecule has 25 heavy (non-hydrogen) atoms. The summed E-state index contributed by atoms with van der Waals surface area (Å²) in [7, 11) is 1.89. The van der Waals surface area contributed by atoms with Crippen LogP contribution in [0.4, 0.5) is 4.39 Å². The number of hydrogen-bond donors (Lipinski definition) is 0. The van der Waals surface area contributed by atoms with Crippen LogP contribution >= 0.6 is 0 Å². The number of hydrogen-bond acceptors (Lipinski definition) is 2. The number of aliphatic imine (C=N–C) groups is 1. The third-order valence-corrected chi connectivity index (χ3v) is 4.61. The van der Waals surface area contributed by atoms with Gasteiger partial charge in [-0.05, 0) is 61.2 Å². The number of nitrogens with zero attached hydrogens (tertiary/aromatic N) is 2. The van der Waals surface area contributed by atoms with E-state index in [4.69, 9.17) is 4.74 Å². The fourth-order valence-corrected chi connectivity index (χ4v) is 3.47. The van der Waals surface area contributed by atoms with Crippen LogP contribution < -0.4 is 4.74 Å². The Hall–Kier alpha value is -2.36. The monoisotopic (exact) mass is 340 g/mol. The predicted molar refractivity (Wildman–Crippen MR) is 100 cm³/mol. The lowest BCUT2D eigenvalue weighted by Gasteiger charge is -2.36. The predicted octanol–water partition coefficient (Wildman–Crippen LogP) is 5.24. The fourth-order valence-electron chi connectivity index (χ4n) is 3.47. The first-order valence-electron chi connectivity index (χ1n) is 8.96. The molecule has 1 aliphatic heterocycles. The van der Waals surface area contributed by atoms with E-state index in [0.29, 0.717) is 11.7 Å². The van der Waals surface area contributed by atoms with Crippen LogP contribution in [0.1, 0.15) is 37.7 Å². The van der Waals surface area contributed by atoms with Crippen molar-refractivity contribution in [2.45, 2.75) is 32.1 Å². The van der Waals surface area contributed by atoms with Gasteiger partial charge in [0, 0.05) is 26.1 Å². The van der Waals surface area contributed by atoms with Gasteiger partial charge in [-0.25, -0.2) is 4.39 Å². The molecular weight excluding hydrogens is 315 g/mol. The highest BCUT2D eigenvalue weighted by Crippen LogP contribution is 2.31. The molecule has 0 aliphatic carbocycles. The number of ether oxygens (including phenoxy) is 1. The summed E-state index contributed by atoms with van der Waals surface area (Å²) in [6, 6.07) is 14.3. The van der Waals surface area contributed by atoms with Crippen LogP contribution in [0.15, 0.2) is 53.5 Å². The summed E-state index contributed by atoms with van der Waals surface area (Å²) in [5, 5.41) is 0. The van der Waals surface area contributed by atoms with Crippen molar-refractivity contribution < 1.29 is 9.13 Å². The Kier molecular flexibility index (Phi) is 5.69. The van der Waals surface area contributed by atoms with E-state index in [2.05, 4.69) is 28.9 Å². The first kappa shape index (κ1) is 17.5. The van der Waals surface area contributed by atoms with Crippen molar-refractivity contribution in [1.82, 2.24) is 4.90 Å². The summed E-state index contributed by atoms with van der Waals surface area (Å²) in [5.74, 6) is 2.68. The lowest BCUT2D eigenvalue weighted by molar-refractivity contribution is 0.354. The molecule has 0 aromatic heterocycles. The molecule has 0 amide bonds. The number of rotatable bonds is 5. The van der Waals surface area contributed by atoms with Crippen molar-refractivity contribution >= 4 is 5.84 Å². The third kappa shape index (κ3) is 4.19. The zero-order chi connectivity index (χ0) is 17.6. The summed E-state index contributed by atoms with van der Waals surface area (Å²) in [6.45, 7) is 4.37. The van der Waals surface area contributed by atoms with Gasteiger partial charge in [-0.15, -0.1) is 0 Å². The highest BCUT2D eigenvalue weighted by atomic mass is 19.1. The standard InChI is InChI=1S/C21H25FN2O/c1-3-14-24-15-4-5-20(21(24)23-2)16-6-10-18(11-7-16)25-19-12-8-17(22)9-13-19/h6-13,20H,3-5,14-15H2,1-2H3. The second kappa shape index (κ2) is 8.15. The van der Waals surface area contributed by atoms with E-state index in [9.17, 15) is 4.39 Å². The lowest BCUT2D eigenvalue weighted by atomic mass is 9.89. The van der Waals surface area contributed by atoms with Crippen LogP contribution in [0.2, 0.25) is 0 Å².